The average molecular weight is 324 g/mol. The van der Waals surface area contributed by atoms with Crippen molar-refractivity contribution in [3.63, 3.8) is 0 Å². The van der Waals surface area contributed by atoms with E-state index in [2.05, 4.69) is 52.0 Å². The molecular formula is C22H28O2. The first-order valence-corrected chi connectivity index (χ1v) is 8.58. The highest BCUT2D eigenvalue weighted by Gasteiger charge is 2.26. The summed E-state index contributed by atoms with van der Waals surface area (Å²) in [5, 5.41) is 0. The summed E-state index contributed by atoms with van der Waals surface area (Å²) in [6, 6.07) is 20.5. The van der Waals surface area contributed by atoms with E-state index in [9.17, 15) is 4.79 Å². The van der Waals surface area contributed by atoms with Crippen molar-refractivity contribution in [1.29, 1.82) is 0 Å². The fourth-order valence-corrected chi connectivity index (χ4v) is 2.86. The number of carbonyl (C=O) groups excluding carboxylic acids is 1. The molecule has 0 radical (unpaired) electrons. The van der Waals surface area contributed by atoms with Crippen molar-refractivity contribution in [3.8, 4) is 0 Å². The molecule has 0 atom stereocenters. The van der Waals surface area contributed by atoms with E-state index in [0.29, 0.717) is 13.0 Å². The molecule has 0 aliphatic carbocycles. The molecule has 2 aromatic rings. The third-order valence-electron chi connectivity index (χ3n) is 4.69. The molecule has 2 nitrogen and oxygen atoms in total. The number of ether oxygens (including phenoxy) is 1. The van der Waals surface area contributed by atoms with Crippen LogP contribution in [0.5, 0.6) is 0 Å². The van der Waals surface area contributed by atoms with Gasteiger partial charge in [-0.15, -0.1) is 0 Å². The van der Waals surface area contributed by atoms with Gasteiger partial charge in [-0.05, 0) is 23.0 Å². The van der Waals surface area contributed by atoms with Crippen molar-refractivity contribution >= 4 is 5.97 Å². The van der Waals surface area contributed by atoms with Gasteiger partial charge in [-0.2, -0.15) is 0 Å². The molecule has 0 aliphatic heterocycles. The van der Waals surface area contributed by atoms with Gasteiger partial charge in [0.1, 0.15) is 0 Å². The lowest BCUT2D eigenvalue weighted by Crippen LogP contribution is -2.25. The summed E-state index contributed by atoms with van der Waals surface area (Å²) in [7, 11) is 0. The Hall–Kier alpha value is -2.09. The van der Waals surface area contributed by atoms with Crippen LogP contribution < -0.4 is 0 Å². The van der Waals surface area contributed by atoms with Gasteiger partial charge < -0.3 is 4.74 Å². The van der Waals surface area contributed by atoms with Crippen LogP contribution in [0.3, 0.4) is 0 Å². The highest BCUT2D eigenvalue weighted by molar-refractivity contribution is 5.71. The van der Waals surface area contributed by atoms with Gasteiger partial charge in [0, 0.05) is 5.41 Å². The summed E-state index contributed by atoms with van der Waals surface area (Å²) < 4.78 is 5.52. The maximum absolute atomic E-state index is 12.2. The molecule has 0 bridgehead atoms. The normalized spacial score (nSPS) is 12.0. The van der Waals surface area contributed by atoms with Crippen molar-refractivity contribution < 1.29 is 9.53 Å². The Balaban J connectivity index is 1.85. The Morgan fingerprint density at radius 1 is 0.792 bits per heavy atom. The third kappa shape index (κ3) is 4.95. The minimum atomic E-state index is -0.215. The number of esters is 1. The van der Waals surface area contributed by atoms with Crippen LogP contribution in [0.25, 0.3) is 0 Å². The molecule has 0 saturated heterocycles. The van der Waals surface area contributed by atoms with E-state index in [0.717, 1.165) is 12.0 Å². The zero-order chi connectivity index (χ0) is 17.6. The van der Waals surface area contributed by atoms with Crippen LogP contribution in [-0.2, 0) is 20.4 Å². The second-order valence-corrected chi connectivity index (χ2v) is 7.65. The minimum Gasteiger partial charge on any atom is -0.466 e. The quantitative estimate of drug-likeness (QED) is 0.649. The summed E-state index contributed by atoms with van der Waals surface area (Å²) in [6.07, 6.45) is 1.21. The number of hydrogen-bond acceptors (Lipinski definition) is 2. The lowest BCUT2D eigenvalue weighted by Gasteiger charge is -2.26. The zero-order valence-corrected chi connectivity index (χ0v) is 15.2. The smallest absolute Gasteiger partial charge is 0.306 e. The van der Waals surface area contributed by atoms with Crippen LogP contribution in [0.15, 0.2) is 60.7 Å². The first-order chi connectivity index (χ1) is 11.3. The average Bonchev–Trinajstić information content (AvgIpc) is 2.56. The van der Waals surface area contributed by atoms with Gasteiger partial charge in [0.25, 0.3) is 0 Å². The van der Waals surface area contributed by atoms with Crippen molar-refractivity contribution in [3.05, 3.63) is 71.8 Å². The minimum absolute atomic E-state index is 0.00348. The number of hydrogen-bond donors (Lipinski definition) is 0. The van der Waals surface area contributed by atoms with Crippen molar-refractivity contribution in [2.24, 2.45) is 0 Å². The molecule has 0 heterocycles. The van der Waals surface area contributed by atoms with Gasteiger partial charge in [0.05, 0.1) is 13.0 Å². The lowest BCUT2D eigenvalue weighted by atomic mass is 9.81. The molecule has 2 heteroatoms. The van der Waals surface area contributed by atoms with Gasteiger partial charge in [-0.25, -0.2) is 0 Å². The largest absolute Gasteiger partial charge is 0.466 e. The van der Waals surface area contributed by atoms with Crippen molar-refractivity contribution in [1.82, 2.24) is 0 Å². The molecule has 0 fully saturated rings. The predicted octanol–water partition coefficient (Wildman–Crippen LogP) is 5.27. The number of carbonyl (C=O) groups is 1. The summed E-state index contributed by atoms with van der Waals surface area (Å²) >= 11 is 0. The number of benzene rings is 2. The van der Waals surface area contributed by atoms with Gasteiger partial charge in [-0.3, -0.25) is 4.79 Å². The Morgan fingerprint density at radius 2 is 1.25 bits per heavy atom. The molecule has 0 aliphatic rings. The van der Waals surface area contributed by atoms with E-state index in [1.165, 1.54) is 5.56 Å². The highest BCUT2D eigenvalue weighted by atomic mass is 16.5. The Bertz CT molecular complexity index is 642. The highest BCUT2D eigenvalue weighted by Crippen LogP contribution is 2.29. The van der Waals surface area contributed by atoms with E-state index >= 15 is 0 Å². The van der Waals surface area contributed by atoms with Crippen LogP contribution in [0.2, 0.25) is 0 Å². The molecule has 24 heavy (non-hydrogen) atoms. The van der Waals surface area contributed by atoms with Crippen LogP contribution >= 0.6 is 0 Å². The fraction of sp³-hybridized carbons (Fsp3) is 0.409. The summed E-state index contributed by atoms with van der Waals surface area (Å²) in [6.45, 7) is 8.98. The van der Waals surface area contributed by atoms with Gasteiger partial charge in [0.2, 0.25) is 0 Å². The van der Waals surface area contributed by atoms with Crippen LogP contribution in [0.1, 0.15) is 51.7 Å². The standard InChI is InChI=1S/C22H28O2/c1-21(2,18-11-7-5-8-12-18)15-16-24-20(23)17-22(3,4)19-13-9-6-10-14-19/h5-14H,15-17H2,1-4H3. The Kier molecular flexibility index (Phi) is 5.82. The second-order valence-electron chi connectivity index (χ2n) is 7.65. The first kappa shape index (κ1) is 18.3. The molecule has 0 amide bonds. The molecule has 2 rings (SSSR count). The SMILES string of the molecule is CC(C)(CCOC(=O)CC(C)(C)c1ccccc1)c1ccccc1. The summed E-state index contributed by atoms with van der Waals surface area (Å²) in [4.78, 5) is 12.2. The maximum Gasteiger partial charge on any atom is 0.306 e. The van der Waals surface area contributed by atoms with E-state index in [1.54, 1.807) is 0 Å². The van der Waals surface area contributed by atoms with E-state index in [4.69, 9.17) is 4.74 Å². The van der Waals surface area contributed by atoms with Crippen molar-refractivity contribution in [2.75, 3.05) is 6.61 Å². The summed E-state index contributed by atoms with van der Waals surface area (Å²) in [5.41, 5.74) is 2.21. The molecule has 0 spiro atoms. The summed E-state index contributed by atoms with van der Waals surface area (Å²) in [5.74, 6) is -0.132. The van der Waals surface area contributed by atoms with Gasteiger partial charge >= 0.3 is 5.97 Å². The fourth-order valence-electron chi connectivity index (χ4n) is 2.86. The van der Waals surface area contributed by atoms with Crippen LogP contribution in [0, 0.1) is 0 Å². The van der Waals surface area contributed by atoms with Crippen molar-refractivity contribution in [2.45, 2.75) is 51.4 Å². The monoisotopic (exact) mass is 324 g/mol. The Morgan fingerprint density at radius 3 is 1.75 bits per heavy atom. The molecule has 128 valence electrons. The number of rotatable bonds is 7. The van der Waals surface area contributed by atoms with Crippen LogP contribution in [0.4, 0.5) is 0 Å². The molecular weight excluding hydrogens is 296 g/mol. The molecule has 0 unspecified atom stereocenters. The van der Waals surface area contributed by atoms with Gasteiger partial charge in [-0.1, -0.05) is 88.4 Å². The molecule has 2 aromatic carbocycles. The molecule has 0 saturated carbocycles. The molecule has 0 aromatic heterocycles. The van der Waals surface area contributed by atoms with E-state index < -0.39 is 0 Å². The van der Waals surface area contributed by atoms with E-state index in [1.807, 2.05) is 36.4 Å². The Labute approximate surface area is 145 Å². The van der Waals surface area contributed by atoms with Crippen LogP contribution in [-0.4, -0.2) is 12.6 Å². The molecule has 0 N–H and O–H groups in total. The third-order valence-corrected chi connectivity index (χ3v) is 4.69. The first-order valence-electron chi connectivity index (χ1n) is 8.58. The zero-order valence-electron chi connectivity index (χ0n) is 15.2. The van der Waals surface area contributed by atoms with E-state index in [-0.39, 0.29) is 16.8 Å². The second kappa shape index (κ2) is 7.65. The topological polar surface area (TPSA) is 26.3 Å². The maximum atomic E-state index is 12.2. The van der Waals surface area contributed by atoms with Gasteiger partial charge in [0.15, 0.2) is 0 Å². The lowest BCUT2D eigenvalue weighted by molar-refractivity contribution is -0.145. The predicted molar refractivity (Wildman–Crippen MR) is 99.1 cm³/mol.